The minimum absolute atomic E-state index is 0.522. The molecule has 1 aliphatic rings. The zero-order chi connectivity index (χ0) is 16.1. The number of aromatic nitrogens is 6. The van der Waals surface area contributed by atoms with Gasteiger partial charge in [0.15, 0.2) is 0 Å². The van der Waals surface area contributed by atoms with Crippen LogP contribution in [0, 0.1) is 6.92 Å². The van der Waals surface area contributed by atoms with E-state index in [-0.39, 0.29) is 0 Å². The zero-order valence-electron chi connectivity index (χ0n) is 13.3. The molecular formula is C17H17N7. The number of rotatable bonds is 3. The Kier molecular flexibility index (Phi) is 2.82. The van der Waals surface area contributed by atoms with E-state index in [1.807, 2.05) is 46.7 Å². The predicted octanol–water partition coefficient (Wildman–Crippen LogP) is 2.71. The minimum Gasteiger partial charge on any atom is -0.350 e. The highest BCUT2D eigenvalue weighted by Crippen LogP contribution is 2.26. The van der Waals surface area contributed by atoms with Crippen molar-refractivity contribution in [1.82, 2.24) is 29.0 Å². The second-order valence-corrected chi connectivity index (χ2v) is 6.33. The van der Waals surface area contributed by atoms with E-state index in [2.05, 4.69) is 31.6 Å². The van der Waals surface area contributed by atoms with Gasteiger partial charge in [0.25, 0.3) is 0 Å². The van der Waals surface area contributed by atoms with Gasteiger partial charge >= 0.3 is 0 Å². The molecule has 1 aliphatic carbocycles. The monoisotopic (exact) mass is 319 g/mol. The SMILES string of the molecule is Cc1cnc2ncc(-c3ccn4nc(NC5CCC5)ncc34)cn12. The maximum absolute atomic E-state index is 4.57. The largest absolute Gasteiger partial charge is 0.350 e. The van der Waals surface area contributed by atoms with Crippen molar-refractivity contribution in [3.63, 3.8) is 0 Å². The third-order valence-electron chi connectivity index (χ3n) is 4.72. The molecule has 4 aromatic heterocycles. The third-order valence-corrected chi connectivity index (χ3v) is 4.72. The van der Waals surface area contributed by atoms with Crippen LogP contribution in [0.2, 0.25) is 0 Å². The number of hydrogen-bond donors (Lipinski definition) is 1. The predicted molar refractivity (Wildman–Crippen MR) is 91.0 cm³/mol. The first-order valence-electron chi connectivity index (χ1n) is 8.19. The van der Waals surface area contributed by atoms with Crippen LogP contribution in [-0.2, 0) is 0 Å². The van der Waals surface area contributed by atoms with Gasteiger partial charge < -0.3 is 5.32 Å². The standard InChI is InChI=1S/C17H17N7/c1-11-7-19-17-20-8-12(10-23(11)17)14-5-6-24-15(14)9-18-16(22-24)21-13-3-2-4-13/h5-10,13H,2-4H2,1H3,(H,21,22). The molecule has 7 nitrogen and oxygen atoms in total. The summed E-state index contributed by atoms with van der Waals surface area (Å²) < 4.78 is 3.86. The Balaban J connectivity index is 1.56. The van der Waals surface area contributed by atoms with Gasteiger partial charge in [-0.15, -0.1) is 5.10 Å². The lowest BCUT2D eigenvalue weighted by atomic mass is 9.93. The zero-order valence-corrected chi connectivity index (χ0v) is 13.3. The molecule has 0 radical (unpaired) electrons. The Labute approximate surface area is 138 Å². The summed E-state index contributed by atoms with van der Waals surface area (Å²) in [5, 5.41) is 7.95. The molecule has 0 unspecified atom stereocenters. The number of nitrogens with zero attached hydrogens (tertiary/aromatic N) is 6. The molecule has 0 atom stereocenters. The lowest BCUT2D eigenvalue weighted by molar-refractivity contribution is 0.442. The Bertz CT molecular complexity index is 1040. The molecule has 1 N–H and O–H groups in total. The van der Waals surface area contributed by atoms with E-state index in [1.54, 1.807) is 0 Å². The molecule has 7 heteroatoms. The molecule has 0 amide bonds. The average molecular weight is 319 g/mol. The molecule has 4 aromatic rings. The Morgan fingerprint density at radius 2 is 2.00 bits per heavy atom. The van der Waals surface area contributed by atoms with Gasteiger partial charge in [0.05, 0.1) is 17.9 Å². The molecular weight excluding hydrogens is 302 g/mol. The van der Waals surface area contributed by atoms with Gasteiger partial charge in [-0.2, -0.15) is 0 Å². The lowest BCUT2D eigenvalue weighted by Crippen LogP contribution is -2.28. The normalized spacial score (nSPS) is 15.0. The fourth-order valence-corrected chi connectivity index (χ4v) is 3.07. The van der Waals surface area contributed by atoms with E-state index in [4.69, 9.17) is 0 Å². The summed E-state index contributed by atoms with van der Waals surface area (Å²) in [4.78, 5) is 13.2. The summed E-state index contributed by atoms with van der Waals surface area (Å²) in [5.41, 5.74) is 4.11. The van der Waals surface area contributed by atoms with Gasteiger partial charge in [0.2, 0.25) is 11.7 Å². The van der Waals surface area contributed by atoms with Gasteiger partial charge in [-0.3, -0.25) is 4.40 Å². The number of fused-ring (bicyclic) bond motifs is 2. The number of aryl methyl sites for hydroxylation is 1. The molecule has 5 rings (SSSR count). The molecule has 0 saturated heterocycles. The molecule has 0 aromatic carbocycles. The maximum Gasteiger partial charge on any atom is 0.241 e. The van der Waals surface area contributed by atoms with Crippen molar-refractivity contribution in [1.29, 1.82) is 0 Å². The van der Waals surface area contributed by atoms with Crippen LogP contribution < -0.4 is 5.32 Å². The molecule has 4 heterocycles. The first kappa shape index (κ1) is 13.5. The molecule has 24 heavy (non-hydrogen) atoms. The van der Waals surface area contributed by atoms with E-state index < -0.39 is 0 Å². The van der Waals surface area contributed by atoms with Crippen LogP contribution in [0.3, 0.4) is 0 Å². The van der Waals surface area contributed by atoms with Crippen LogP contribution in [0.4, 0.5) is 5.95 Å². The van der Waals surface area contributed by atoms with Gasteiger partial charge in [-0.05, 0) is 32.3 Å². The van der Waals surface area contributed by atoms with Crippen molar-refractivity contribution in [2.45, 2.75) is 32.2 Å². The van der Waals surface area contributed by atoms with Crippen LogP contribution in [-0.4, -0.2) is 35.0 Å². The van der Waals surface area contributed by atoms with Gasteiger partial charge in [0.1, 0.15) is 0 Å². The second-order valence-electron chi connectivity index (χ2n) is 6.33. The van der Waals surface area contributed by atoms with E-state index in [0.717, 1.165) is 22.3 Å². The van der Waals surface area contributed by atoms with Crippen LogP contribution in [0.25, 0.3) is 22.4 Å². The highest BCUT2D eigenvalue weighted by Gasteiger charge is 2.18. The van der Waals surface area contributed by atoms with Crippen molar-refractivity contribution in [3.05, 3.63) is 42.7 Å². The van der Waals surface area contributed by atoms with Gasteiger partial charge in [-0.25, -0.2) is 19.5 Å². The first-order valence-corrected chi connectivity index (χ1v) is 8.19. The van der Waals surface area contributed by atoms with Gasteiger partial charge in [-0.1, -0.05) is 0 Å². The first-order chi connectivity index (χ1) is 11.8. The van der Waals surface area contributed by atoms with E-state index in [9.17, 15) is 0 Å². The Hall–Kier alpha value is -2.96. The summed E-state index contributed by atoms with van der Waals surface area (Å²) >= 11 is 0. The third kappa shape index (κ3) is 2.05. The molecule has 0 aliphatic heterocycles. The minimum atomic E-state index is 0.522. The molecule has 1 fully saturated rings. The summed E-state index contributed by atoms with van der Waals surface area (Å²) in [5.74, 6) is 1.40. The van der Waals surface area contributed by atoms with Crippen LogP contribution >= 0.6 is 0 Å². The lowest BCUT2D eigenvalue weighted by Gasteiger charge is -2.26. The molecule has 120 valence electrons. The Morgan fingerprint density at radius 3 is 2.83 bits per heavy atom. The van der Waals surface area contributed by atoms with E-state index >= 15 is 0 Å². The number of anilines is 1. The van der Waals surface area contributed by atoms with Gasteiger partial charge in [0, 0.05) is 41.5 Å². The van der Waals surface area contributed by atoms with Crippen LogP contribution in [0.5, 0.6) is 0 Å². The molecule has 1 saturated carbocycles. The fourth-order valence-electron chi connectivity index (χ4n) is 3.07. The van der Waals surface area contributed by atoms with Crippen molar-refractivity contribution >= 4 is 17.2 Å². The smallest absolute Gasteiger partial charge is 0.241 e. The summed E-state index contributed by atoms with van der Waals surface area (Å²) in [6, 6.07) is 2.57. The van der Waals surface area contributed by atoms with E-state index in [1.165, 1.54) is 19.3 Å². The number of nitrogens with one attached hydrogen (secondary N) is 1. The second kappa shape index (κ2) is 5.02. The van der Waals surface area contributed by atoms with Crippen molar-refractivity contribution in [2.24, 2.45) is 0 Å². The quantitative estimate of drug-likeness (QED) is 0.628. The average Bonchev–Trinajstić information content (AvgIpc) is 3.14. The highest BCUT2D eigenvalue weighted by atomic mass is 15.3. The van der Waals surface area contributed by atoms with Crippen molar-refractivity contribution < 1.29 is 0 Å². The number of imidazole rings is 1. The van der Waals surface area contributed by atoms with Crippen LogP contribution in [0.1, 0.15) is 25.0 Å². The summed E-state index contributed by atoms with van der Waals surface area (Å²) in [7, 11) is 0. The Morgan fingerprint density at radius 1 is 1.12 bits per heavy atom. The number of hydrogen-bond acceptors (Lipinski definition) is 5. The van der Waals surface area contributed by atoms with Crippen molar-refractivity contribution in [3.8, 4) is 11.1 Å². The summed E-state index contributed by atoms with van der Waals surface area (Å²) in [6.07, 6.45) is 13.3. The fraction of sp³-hybridized carbons (Fsp3) is 0.294. The topological polar surface area (TPSA) is 72.4 Å². The van der Waals surface area contributed by atoms with Crippen molar-refractivity contribution in [2.75, 3.05) is 5.32 Å². The highest BCUT2D eigenvalue weighted by molar-refractivity contribution is 5.79. The molecule has 0 bridgehead atoms. The van der Waals surface area contributed by atoms with Crippen LogP contribution in [0.15, 0.2) is 37.1 Å². The van der Waals surface area contributed by atoms with E-state index in [0.29, 0.717) is 17.8 Å². The molecule has 0 spiro atoms. The maximum atomic E-state index is 4.57. The summed E-state index contributed by atoms with van der Waals surface area (Å²) in [6.45, 7) is 2.02.